The molecule has 1 amide bonds. The summed E-state index contributed by atoms with van der Waals surface area (Å²) in [6.07, 6.45) is 0.535. The van der Waals surface area contributed by atoms with Crippen molar-refractivity contribution >= 4 is 28.5 Å². The van der Waals surface area contributed by atoms with Gasteiger partial charge >= 0.3 is 5.97 Å². The predicted molar refractivity (Wildman–Crippen MR) is 108 cm³/mol. The highest BCUT2D eigenvalue weighted by Crippen LogP contribution is 2.15. The van der Waals surface area contributed by atoms with Crippen molar-refractivity contribution in [3.8, 4) is 0 Å². The second-order valence-electron chi connectivity index (χ2n) is 6.74. The number of hydrogen-bond donors (Lipinski definition) is 0. The van der Waals surface area contributed by atoms with Crippen LogP contribution in [0.15, 0.2) is 64.5 Å². The average Bonchev–Trinajstić information content (AvgIpc) is 3.28. The van der Waals surface area contributed by atoms with Crippen molar-refractivity contribution < 1.29 is 14.3 Å². The van der Waals surface area contributed by atoms with Gasteiger partial charge in [-0.1, -0.05) is 47.7 Å². The molecule has 0 spiro atoms. The van der Waals surface area contributed by atoms with Gasteiger partial charge in [-0.2, -0.15) is 9.78 Å². The Morgan fingerprint density at radius 2 is 1.77 bits per heavy atom. The van der Waals surface area contributed by atoms with E-state index in [9.17, 15) is 14.4 Å². The Kier molecular flexibility index (Phi) is 5.60. The van der Waals surface area contributed by atoms with Gasteiger partial charge in [0.2, 0.25) is 5.91 Å². The van der Waals surface area contributed by atoms with E-state index in [1.54, 1.807) is 24.3 Å². The first-order valence-electron chi connectivity index (χ1n) is 9.53. The largest absolute Gasteiger partial charge is 0.442 e. The normalized spacial score (nSPS) is 13.3. The van der Waals surface area contributed by atoms with Crippen LogP contribution < -0.4 is 5.56 Å². The number of hydrazone groups is 1. The number of fused-ring (bicyclic) bond motifs is 1. The van der Waals surface area contributed by atoms with E-state index in [0.717, 1.165) is 16.0 Å². The van der Waals surface area contributed by atoms with E-state index in [1.165, 1.54) is 5.01 Å². The van der Waals surface area contributed by atoms with Crippen LogP contribution in [0.25, 0.3) is 10.9 Å². The van der Waals surface area contributed by atoms with Crippen LogP contribution in [0.1, 0.15) is 24.8 Å². The number of benzene rings is 2. The molecular formula is C21H19N5O4. The predicted octanol–water partition coefficient (Wildman–Crippen LogP) is 1.71. The Morgan fingerprint density at radius 1 is 1.00 bits per heavy atom. The fourth-order valence-electron chi connectivity index (χ4n) is 3.12. The number of aromatic nitrogens is 3. The van der Waals surface area contributed by atoms with E-state index in [1.807, 2.05) is 30.3 Å². The van der Waals surface area contributed by atoms with Crippen LogP contribution in [0.4, 0.5) is 0 Å². The maximum atomic E-state index is 12.3. The highest BCUT2D eigenvalue weighted by atomic mass is 16.5. The molecule has 4 rings (SSSR count). The summed E-state index contributed by atoms with van der Waals surface area (Å²) in [4.78, 5) is 36.7. The molecule has 0 saturated heterocycles. The summed E-state index contributed by atoms with van der Waals surface area (Å²) >= 11 is 0. The summed E-state index contributed by atoms with van der Waals surface area (Å²) in [5, 5.41) is 13.8. The number of esters is 1. The number of amides is 1. The zero-order valence-corrected chi connectivity index (χ0v) is 16.1. The fourth-order valence-corrected chi connectivity index (χ4v) is 3.12. The lowest BCUT2D eigenvalue weighted by atomic mass is 10.1. The van der Waals surface area contributed by atoms with Crippen molar-refractivity contribution in [2.75, 3.05) is 6.54 Å². The molecule has 0 N–H and O–H groups in total. The monoisotopic (exact) mass is 405 g/mol. The zero-order valence-electron chi connectivity index (χ0n) is 16.1. The van der Waals surface area contributed by atoms with Gasteiger partial charge in [-0.15, -0.1) is 5.10 Å². The summed E-state index contributed by atoms with van der Waals surface area (Å²) in [5.41, 5.74) is 1.90. The zero-order chi connectivity index (χ0) is 20.9. The molecule has 0 unspecified atom stereocenters. The molecule has 2 aromatic carbocycles. The Hall–Kier alpha value is -3.88. The minimum Gasteiger partial charge on any atom is -0.442 e. The molecule has 1 aromatic heterocycles. The van der Waals surface area contributed by atoms with Crippen molar-refractivity contribution in [2.45, 2.75) is 26.0 Å². The molecule has 2 heterocycles. The second-order valence-corrected chi connectivity index (χ2v) is 6.74. The molecule has 0 fully saturated rings. The van der Waals surface area contributed by atoms with Crippen molar-refractivity contribution in [1.82, 2.24) is 20.0 Å². The van der Waals surface area contributed by atoms with Crippen molar-refractivity contribution in [3.05, 3.63) is 70.5 Å². The van der Waals surface area contributed by atoms with Crippen molar-refractivity contribution in [2.24, 2.45) is 5.10 Å². The van der Waals surface area contributed by atoms with E-state index >= 15 is 0 Å². The Balaban J connectivity index is 1.29. The van der Waals surface area contributed by atoms with Crippen LogP contribution in [0.5, 0.6) is 0 Å². The Bertz CT molecular complexity index is 1170. The lowest BCUT2D eigenvalue weighted by molar-refractivity contribution is -0.150. The molecule has 152 valence electrons. The Morgan fingerprint density at radius 3 is 2.60 bits per heavy atom. The quantitative estimate of drug-likeness (QED) is 0.578. The van der Waals surface area contributed by atoms with Gasteiger partial charge in [0, 0.05) is 12.8 Å². The van der Waals surface area contributed by atoms with E-state index in [-0.39, 0.29) is 25.5 Å². The fraction of sp³-hybridized carbons (Fsp3) is 0.238. The number of hydrogen-bond acceptors (Lipinski definition) is 7. The first-order chi connectivity index (χ1) is 14.6. The molecule has 30 heavy (non-hydrogen) atoms. The summed E-state index contributed by atoms with van der Waals surface area (Å²) in [5.74, 6) is -0.850. The van der Waals surface area contributed by atoms with Gasteiger partial charge in [0.15, 0.2) is 6.73 Å². The van der Waals surface area contributed by atoms with Crippen LogP contribution in [-0.2, 0) is 21.1 Å². The van der Waals surface area contributed by atoms with Crippen molar-refractivity contribution in [3.63, 3.8) is 0 Å². The highest BCUT2D eigenvalue weighted by molar-refractivity contribution is 6.02. The lowest BCUT2D eigenvalue weighted by Crippen LogP contribution is -2.27. The molecule has 3 aromatic rings. The molecule has 0 bridgehead atoms. The summed E-state index contributed by atoms with van der Waals surface area (Å²) < 4.78 is 6.05. The van der Waals surface area contributed by atoms with E-state index in [0.29, 0.717) is 23.9 Å². The van der Waals surface area contributed by atoms with E-state index in [2.05, 4.69) is 15.4 Å². The molecule has 0 atom stereocenters. The number of carbonyl (C=O) groups excluding carboxylic acids is 2. The van der Waals surface area contributed by atoms with Gasteiger partial charge < -0.3 is 4.74 Å². The Labute approximate surface area is 171 Å². The molecule has 9 heteroatoms. The smallest absolute Gasteiger partial charge is 0.308 e. The summed E-state index contributed by atoms with van der Waals surface area (Å²) in [6.45, 7) is 0.129. The summed E-state index contributed by atoms with van der Waals surface area (Å²) in [7, 11) is 0. The van der Waals surface area contributed by atoms with Gasteiger partial charge in [0.05, 0.1) is 24.1 Å². The van der Waals surface area contributed by atoms with Crippen LogP contribution >= 0.6 is 0 Å². The van der Waals surface area contributed by atoms with Gasteiger partial charge in [-0.05, 0) is 17.7 Å². The molecule has 0 aliphatic carbocycles. The lowest BCUT2D eigenvalue weighted by Gasteiger charge is -2.11. The van der Waals surface area contributed by atoms with Gasteiger partial charge in [-0.3, -0.25) is 14.4 Å². The van der Waals surface area contributed by atoms with Gasteiger partial charge in [0.1, 0.15) is 5.52 Å². The molecule has 1 aliphatic rings. The number of carbonyl (C=O) groups is 2. The average molecular weight is 405 g/mol. The molecule has 1 aliphatic heterocycles. The second kappa shape index (κ2) is 8.64. The first kappa shape index (κ1) is 19.4. The van der Waals surface area contributed by atoms with Crippen molar-refractivity contribution in [1.29, 1.82) is 0 Å². The van der Waals surface area contributed by atoms with Crippen LogP contribution in [0.3, 0.4) is 0 Å². The van der Waals surface area contributed by atoms with E-state index in [4.69, 9.17) is 4.74 Å². The third-order valence-electron chi connectivity index (χ3n) is 4.72. The molecule has 9 nitrogen and oxygen atoms in total. The minimum atomic E-state index is -0.600. The summed E-state index contributed by atoms with van der Waals surface area (Å²) in [6, 6.07) is 16.4. The first-order valence-corrected chi connectivity index (χ1v) is 9.53. The van der Waals surface area contributed by atoms with Crippen LogP contribution in [0.2, 0.25) is 0 Å². The molecule has 0 saturated carbocycles. The third kappa shape index (κ3) is 4.24. The number of ether oxygens (including phenoxy) is 1. The van der Waals surface area contributed by atoms with Crippen LogP contribution in [0, 0.1) is 0 Å². The van der Waals surface area contributed by atoms with E-state index < -0.39 is 11.5 Å². The maximum absolute atomic E-state index is 12.3. The van der Waals surface area contributed by atoms with Crippen LogP contribution in [-0.4, -0.2) is 44.1 Å². The standard InChI is InChI=1S/C21H19N5O4/c27-19(25-13-12-17(23-25)15-6-2-1-3-7-15)10-11-20(28)30-14-26-21(29)16-8-4-5-9-18(16)22-24-26/h1-9H,10-14H2. The third-order valence-corrected chi connectivity index (χ3v) is 4.72. The molecular weight excluding hydrogens is 386 g/mol. The maximum Gasteiger partial charge on any atom is 0.308 e. The number of rotatable bonds is 6. The van der Waals surface area contributed by atoms with Gasteiger partial charge in [-0.25, -0.2) is 5.01 Å². The minimum absolute atomic E-state index is 0.0251. The highest BCUT2D eigenvalue weighted by Gasteiger charge is 2.22. The number of nitrogens with zero attached hydrogens (tertiary/aromatic N) is 5. The van der Waals surface area contributed by atoms with Gasteiger partial charge in [0.25, 0.3) is 5.56 Å². The topological polar surface area (TPSA) is 107 Å². The SMILES string of the molecule is O=C(CCC(=O)N1CCC(c2ccccc2)=N1)OCn1nnc2ccccc2c1=O. The molecule has 0 radical (unpaired) electrons.